The molecule has 0 fully saturated rings. The van der Waals surface area contributed by atoms with Gasteiger partial charge >= 0.3 is 5.69 Å². The first-order valence-corrected chi connectivity index (χ1v) is 6.75. The number of nitro groups is 1. The van der Waals surface area contributed by atoms with Crippen molar-refractivity contribution in [3.8, 4) is 0 Å². The molecule has 1 atom stereocenters. The minimum atomic E-state index is -0.798. The molecule has 0 aliphatic rings. The molecule has 0 aliphatic heterocycles. The quantitative estimate of drug-likeness (QED) is 0.429. The van der Waals surface area contributed by atoms with Crippen molar-refractivity contribution in [2.24, 2.45) is 0 Å². The van der Waals surface area contributed by atoms with Gasteiger partial charge in [-0.3, -0.25) is 10.1 Å². The SMILES string of the molecule is CCCCCCC(C)Nc1cccc(F)c1[N+](=O)[O-]. The molecular formula is C14H21FN2O2. The van der Waals surface area contributed by atoms with E-state index in [-0.39, 0.29) is 11.7 Å². The summed E-state index contributed by atoms with van der Waals surface area (Å²) in [6, 6.07) is 4.23. The summed E-state index contributed by atoms with van der Waals surface area (Å²) in [5.41, 5.74) is -0.212. The van der Waals surface area contributed by atoms with Gasteiger partial charge in [0.05, 0.1) is 4.92 Å². The Morgan fingerprint density at radius 3 is 2.74 bits per heavy atom. The highest BCUT2D eigenvalue weighted by molar-refractivity contribution is 5.62. The summed E-state index contributed by atoms with van der Waals surface area (Å²) in [6.45, 7) is 4.11. The van der Waals surface area contributed by atoms with Crippen LogP contribution in [0.3, 0.4) is 0 Å². The third-order valence-electron chi connectivity index (χ3n) is 3.06. The summed E-state index contributed by atoms with van der Waals surface area (Å²) in [5, 5.41) is 13.9. The van der Waals surface area contributed by atoms with Crippen molar-refractivity contribution in [1.82, 2.24) is 0 Å². The average Bonchev–Trinajstić information content (AvgIpc) is 2.34. The fourth-order valence-electron chi connectivity index (χ4n) is 2.03. The number of benzene rings is 1. The van der Waals surface area contributed by atoms with Crippen LogP contribution in [0.2, 0.25) is 0 Å². The average molecular weight is 268 g/mol. The molecule has 4 nitrogen and oxygen atoms in total. The molecule has 0 radical (unpaired) electrons. The highest BCUT2D eigenvalue weighted by Crippen LogP contribution is 2.28. The van der Waals surface area contributed by atoms with Crippen molar-refractivity contribution in [2.45, 2.75) is 52.0 Å². The molecule has 5 heteroatoms. The van der Waals surface area contributed by atoms with E-state index in [4.69, 9.17) is 0 Å². The zero-order valence-corrected chi connectivity index (χ0v) is 11.5. The van der Waals surface area contributed by atoms with Crippen LogP contribution in [0.25, 0.3) is 0 Å². The first-order valence-electron chi connectivity index (χ1n) is 6.75. The van der Waals surface area contributed by atoms with Crippen molar-refractivity contribution in [3.05, 3.63) is 34.1 Å². The Morgan fingerprint density at radius 1 is 1.37 bits per heavy atom. The largest absolute Gasteiger partial charge is 0.377 e. The molecule has 1 aromatic rings. The second-order valence-electron chi connectivity index (χ2n) is 4.79. The third kappa shape index (κ3) is 4.85. The second kappa shape index (κ2) is 7.71. The van der Waals surface area contributed by atoms with E-state index in [1.807, 2.05) is 6.92 Å². The van der Waals surface area contributed by atoms with Gasteiger partial charge in [0.2, 0.25) is 5.82 Å². The predicted octanol–water partition coefficient (Wildman–Crippen LogP) is 4.50. The van der Waals surface area contributed by atoms with E-state index >= 15 is 0 Å². The van der Waals surface area contributed by atoms with Gasteiger partial charge in [-0.05, 0) is 25.5 Å². The van der Waals surface area contributed by atoms with Crippen LogP contribution in [-0.4, -0.2) is 11.0 Å². The fourth-order valence-corrected chi connectivity index (χ4v) is 2.03. The Bertz CT molecular complexity index is 424. The summed E-state index contributed by atoms with van der Waals surface area (Å²) in [6.07, 6.45) is 5.54. The maximum Gasteiger partial charge on any atom is 0.327 e. The van der Waals surface area contributed by atoms with Gasteiger partial charge in [0.25, 0.3) is 0 Å². The van der Waals surface area contributed by atoms with E-state index in [9.17, 15) is 14.5 Å². The zero-order chi connectivity index (χ0) is 14.3. The molecule has 0 heterocycles. The van der Waals surface area contributed by atoms with Crippen molar-refractivity contribution in [3.63, 3.8) is 0 Å². The molecule has 1 aromatic carbocycles. The number of halogens is 1. The summed E-state index contributed by atoms with van der Waals surface area (Å²) >= 11 is 0. The minimum absolute atomic E-state index is 0.0948. The lowest BCUT2D eigenvalue weighted by Crippen LogP contribution is -2.16. The molecule has 0 aromatic heterocycles. The molecule has 19 heavy (non-hydrogen) atoms. The highest BCUT2D eigenvalue weighted by atomic mass is 19.1. The van der Waals surface area contributed by atoms with Crippen molar-refractivity contribution < 1.29 is 9.31 Å². The summed E-state index contributed by atoms with van der Waals surface area (Å²) in [4.78, 5) is 10.2. The van der Waals surface area contributed by atoms with Gasteiger partial charge in [0.15, 0.2) is 0 Å². The van der Waals surface area contributed by atoms with Crippen molar-refractivity contribution in [1.29, 1.82) is 0 Å². The number of rotatable bonds is 8. The van der Waals surface area contributed by atoms with Crippen LogP contribution in [0, 0.1) is 15.9 Å². The molecule has 0 spiro atoms. The number of nitrogens with zero attached hydrogens (tertiary/aromatic N) is 1. The van der Waals surface area contributed by atoms with Gasteiger partial charge in [-0.25, -0.2) is 0 Å². The van der Waals surface area contributed by atoms with Crippen molar-refractivity contribution in [2.75, 3.05) is 5.32 Å². The number of nitro benzene ring substituents is 1. The normalized spacial score (nSPS) is 12.2. The molecule has 0 aliphatic carbocycles. The molecule has 1 rings (SSSR count). The number of anilines is 1. The number of para-hydroxylation sites is 1. The molecule has 0 bridgehead atoms. The van der Waals surface area contributed by atoms with Gasteiger partial charge in [-0.15, -0.1) is 0 Å². The molecule has 1 unspecified atom stereocenters. The number of nitrogens with one attached hydrogen (secondary N) is 1. The van der Waals surface area contributed by atoms with Crippen molar-refractivity contribution >= 4 is 11.4 Å². The van der Waals surface area contributed by atoms with Crippen LogP contribution >= 0.6 is 0 Å². The van der Waals surface area contributed by atoms with Gasteiger partial charge in [0, 0.05) is 6.04 Å². The van der Waals surface area contributed by atoms with Crippen LogP contribution in [-0.2, 0) is 0 Å². The van der Waals surface area contributed by atoms with Crippen LogP contribution in [0.15, 0.2) is 18.2 Å². The monoisotopic (exact) mass is 268 g/mol. The summed E-state index contributed by atoms with van der Waals surface area (Å²) in [5.74, 6) is -0.798. The lowest BCUT2D eigenvalue weighted by atomic mass is 10.1. The number of hydrogen-bond donors (Lipinski definition) is 1. The maximum atomic E-state index is 13.4. The van der Waals surface area contributed by atoms with Crippen LogP contribution in [0.5, 0.6) is 0 Å². The zero-order valence-electron chi connectivity index (χ0n) is 11.5. The van der Waals surface area contributed by atoms with E-state index < -0.39 is 16.4 Å². The number of hydrogen-bond acceptors (Lipinski definition) is 3. The van der Waals surface area contributed by atoms with Crippen LogP contribution < -0.4 is 5.32 Å². The van der Waals surface area contributed by atoms with E-state index in [0.717, 1.165) is 25.3 Å². The molecule has 0 saturated carbocycles. The smallest absolute Gasteiger partial charge is 0.327 e. The first kappa shape index (κ1) is 15.4. The lowest BCUT2D eigenvalue weighted by Gasteiger charge is -2.15. The van der Waals surface area contributed by atoms with E-state index in [1.165, 1.54) is 18.9 Å². The predicted molar refractivity (Wildman–Crippen MR) is 74.9 cm³/mol. The fraction of sp³-hybridized carbons (Fsp3) is 0.571. The third-order valence-corrected chi connectivity index (χ3v) is 3.06. The molecule has 0 amide bonds. The minimum Gasteiger partial charge on any atom is -0.377 e. The molecule has 0 saturated heterocycles. The summed E-state index contributed by atoms with van der Waals surface area (Å²) in [7, 11) is 0. The maximum absolute atomic E-state index is 13.4. The molecule has 1 N–H and O–H groups in total. The van der Waals surface area contributed by atoms with E-state index in [1.54, 1.807) is 6.07 Å². The Kier molecular flexibility index (Phi) is 6.25. The Morgan fingerprint density at radius 2 is 2.11 bits per heavy atom. The Hall–Kier alpha value is -1.65. The van der Waals surface area contributed by atoms with Gasteiger partial charge in [0.1, 0.15) is 5.69 Å². The Labute approximate surface area is 113 Å². The van der Waals surface area contributed by atoms with E-state index in [2.05, 4.69) is 12.2 Å². The van der Waals surface area contributed by atoms with Crippen LogP contribution in [0.4, 0.5) is 15.8 Å². The Balaban J connectivity index is 2.61. The standard InChI is InChI=1S/C14H21FN2O2/c1-3-4-5-6-8-11(2)16-13-10-7-9-12(15)14(13)17(18)19/h7,9-11,16H,3-6,8H2,1-2H3. The van der Waals surface area contributed by atoms with Gasteiger partial charge in [-0.2, -0.15) is 4.39 Å². The number of unbranched alkanes of at least 4 members (excludes halogenated alkanes) is 3. The topological polar surface area (TPSA) is 55.2 Å². The molecule has 106 valence electrons. The lowest BCUT2D eigenvalue weighted by molar-refractivity contribution is -0.386. The van der Waals surface area contributed by atoms with Gasteiger partial charge in [-0.1, -0.05) is 38.7 Å². The van der Waals surface area contributed by atoms with Gasteiger partial charge < -0.3 is 5.32 Å². The second-order valence-corrected chi connectivity index (χ2v) is 4.79. The van der Waals surface area contributed by atoms with Crippen LogP contribution in [0.1, 0.15) is 46.0 Å². The highest BCUT2D eigenvalue weighted by Gasteiger charge is 2.20. The van der Waals surface area contributed by atoms with E-state index in [0.29, 0.717) is 0 Å². The summed E-state index contributed by atoms with van der Waals surface area (Å²) < 4.78 is 13.4. The first-order chi connectivity index (χ1) is 9.06. The molecular weight excluding hydrogens is 247 g/mol.